The minimum atomic E-state index is -0.709. The molecule has 5 rings (SSSR count). The molecule has 174 valence electrons. The van der Waals surface area contributed by atoms with Crippen LogP contribution in [0.25, 0.3) is 27.2 Å². The summed E-state index contributed by atoms with van der Waals surface area (Å²) in [5.74, 6) is -0.238. The van der Waals surface area contributed by atoms with Crippen LogP contribution in [0.2, 0.25) is 0 Å². The SMILES string of the molecule is Cc1cc(C(=O)OCOc2ccncc2)cc(-n2c(=O)c3cc4c(=O)n(C)c(=O)c4cc3c2=O)c1. The molecule has 0 radical (unpaired) electrons. The Labute approximate surface area is 195 Å². The molecule has 35 heavy (non-hydrogen) atoms. The fourth-order valence-corrected chi connectivity index (χ4v) is 4.01. The number of aryl methyl sites for hydroxylation is 1. The first kappa shape index (κ1) is 22.0. The molecular weight excluding hydrogens is 454 g/mol. The van der Waals surface area contributed by atoms with Crippen LogP contribution in [0.5, 0.6) is 5.75 Å². The number of ether oxygens (including phenoxy) is 2. The van der Waals surface area contributed by atoms with Gasteiger partial charge in [-0.3, -0.25) is 28.7 Å². The van der Waals surface area contributed by atoms with E-state index in [1.807, 2.05) is 0 Å². The number of hydrogen-bond donors (Lipinski definition) is 0. The number of rotatable bonds is 5. The number of carbonyl (C=O) groups excluding carboxylic acids is 1. The maximum Gasteiger partial charge on any atom is 0.341 e. The molecule has 10 nitrogen and oxygen atoms in total. The molecule has 0 aliphatic carbocycles. The third kappa shape index (κ3) is 3.61. The Morgan fingerprint density at radius 3 is 2.00 bits per heavy atom. The predicted molar refractivity (Wildman–Crippen MR) is 127 cm³/mol. The second-order valence-electron chi connectivity index (χ2n) is 7.99. The van der Waals surface area contributed by atoms with E-state index in [2.05, 4.69) is 4.98 Å². The van der Waals surface area contributed by atoms with E-state index in [-0.39, 0.29) is 39.6 Å². The van der Waals surface area contributed by atoms with Crippen molar-refractivity contribution in [1.82, 2.24) is 14.1 Å². The van der Waals surface area contributed by atoms with Gasteiger partial charge >= 0.3 is 5.97 Å². The lowest BCUT2D eigenvalue weighted by Gasteiger charge is -2.09. The fraction of sp³-hybridized carbons (Fsp3) is 0.120. The first-order valence-electron chi connectivity index (χ1n) is 10.5. The summed E-state index contributed by atoms with van der Waals surface area (Å²) < 4.78 is 12.3. The molecule has 0 N–H and O–H groups in total. The van der Waals surface area contributed by atoms with Gasteiger partial charge in [0.2, 0.25) is 6.79 Å². The van der Waals surface area contributed by atoms with Crippen LogP contribution in [0.1, 0.15) is 15.9 Å². The largest absolute Gasteiger partial charge is 0.457 e. The molecule has 10 heteroatoms. The summed E-state index contributed by atoms with van der Waals surface area (Å²) in [6.07, 6.45) is 3.07. The van der Waals surface area contributed by atoms with E-state index in [0.717, 1.165) is 9.13 Å². The monoisotopic (exact) mass is 471 g/mol. The summed E-state index contributed by atoms with van der Waals surface area (Å²) in [5.41, 5.74) is -1.52. The number of esters is 1. The molecule has 0 aliphatic heterocycles. The van der Waals surface area contributed by atoms with Crippen molar-refractivity contribution >= 4 is 27.5 Å². The quantitative estimate of drug-likeness (QED) is 0.278. The highest BCUT2D eigenvalue weighted by atomic mass is 16.7. The zero-order valence-electron chi connectivity index (χ0n) is 18.6. The lowest BCUT2D eigenvalue weighted by molar-refractivity contribution is 0.0154. The molecule has 0 atom stereocenters. The lowest BCUT2D eigenvalue weighted by Crippen LogP contribution is -2.24. The van der Waals surface area contributed by atoms with Crippen molar-refractivity contribution < 1.29 is 14.3 Å². The highest BCUT2D eigenvalue weighted by Crippen LogP contribution is 2.18. The average molecular weight is 471 g/mol. The van der Waals surface area contributed by atoms with Crippen LogP contribution in [0.3, 0.4) is 0 Å². The zero-order valence-corrected chi connectivity index (χ0v) is 18.6. The minimum absolute atomic E-state index is 0.0154. The van der Waals surface area contributed by atoms with Gasteiger partial charge in [-0.15, -0.1) is 0 Å². The normalized spacial score (nSPS) is 11.3. The zero-order chi connectivity index (χ0) is 24.9. The van der Waals surface area contributed by atoms with Crippen molar-refractivity contribution in [3.05, 3.63) is 107 Å². The molecular formula is C25H17N3O7. The fourth-order valence-electron chi connectivity index (χ4n) is 4.01. The molecule has 5 aromatic rings. The van der Waals surface area contributed by atoms with Crippen molar-refractivity contribution in [2.75, 3.05) is 6.79 Å². The highest BCUT2D eigenvalue weighted by Gasteiger charge is 2.20. The summed E-state index contributed by atoms with van der Waals surface area (Å²) in [7, 11) is 1.33. The number of benzene rings is 2. The first-order chi connectivity index (χ1) is 16.8. The van der Waals surface area contributed by atoms with Crippen LogP contribution in [0, 0.1) is 6.92 Å². The Kier molecular flexibility index (Phi) is 5.13. The van der Waals surface area contributed by atoms with Crippen LogP contribution in [0.15, 0.2) is 74.0 Å². The molecule has 0 unspecified atom stereocenters. The summed E-state index contributed by atoms with van der Waals surface area (Å²) in [6, 6.07) is 10.3. The van der Waals surface area contributed by atoms with Crippen molar-refractivity contribution in [2.45, 2.75) is 6.92 Å². The molecule has 0 saturated carbocycles. The molecule has 0 spiro atoms. The Balaban J connectivity index is 1.54. The van der Waals surface area contributed by atoms with Crippen LogP contribution in [-0.2, 0) is 11.8 Å². The maximum absolute atomic E-state index is 13.2. The highest BCUT2D eigenvalue weighted by molar-refractivity contribution is 5.98. The van der Waals surface area contributed by atoms with E-state index in [1.54, 1.807) is 31.2 Å². The van der Waals surface area contributed by atoms with Crippen molar-refractivity contribution in [3.63, 3.8) is 0 Å². The molecule has 0 saturated heterocycles. The van der Waals surface area contributed by atoms with Crippen molar-refractivity contribution in [2.24, 2.45) is 7.05 Å². The first-order valence-corrected chi connectivity index (χ1v) is 10.5. The predicted octanol–water partition coefficient (Wildman–Crippen LogP) is 1.34. The van der Waals surface area contributed by atoms with Crippen LogP contribution >= 0.6 is 0 Å². The summed E-state index contributed by atoms with van der Waals surface area (Å²) >= 11 is 0. The lowest BCUT2D eigenvalue weighted by atomic mass is 10.1. The number of pyridine rings is 1. The Morgan fingerprint density at radius 2 is 1.40 bits per heavy atom. The number of hydrogen-bond acceptors (Lipinski definition) is 8. The molecule has 2 aromatic carbocycles. The summed E-state index contributed by atoms with van der Waals surface area (Å²) in [6.45, 7) is 1.36. The molecule has 0 bridgehead atoms. The number of fused-ring (bicyclic) bond motifs is 2. The van der Waals surface area contributed by atoms with Gasteiger partial charge in [-0.05, 0) is 55.0 Å². The van der Waals surface area contributed by atoms with Crippen LogP contribution < -0.4 is 27.0 Å². The third-order valence-electron chi connectivity index (χ3n) is 5.72. The van der Waals surface area contributed by atoms with Crippen LogP contribution in [0.4, 0.5) is 0 Å². The average Bonchev–Trinajstić information content (AvgIpc) is 3.22. The Hall–Kier alpha value is -4.86. The van der Waals surface area contributed by atoms with Gasteiger partial charge in [0.1, 0.15) is 5.75 Å². The van der Waals surface area contributed by atoms with E-state index < -0.39 is 28.2 Å². The Bertz CT molecular complexity index is 1760. The van der Waals surface area contributed by atoms with Crippen LogP contribution in [-0.4, -0.2) is 26.9 Å². The van der Waals surface area contributed by atoms with Gasteiger partial charge in [-0.2, -0.15) is 0 Å². The van der Waals surface area contributed by atoms with Gasteiger partial charge in [0.15, 0.2) is 0 Å². The van der Waals surface area contributed by atoms with Gasteiger partial charge in [-0.1, -0.05) is 0 Å². The second kappa shape index (κ2) is 8.17. The van der Waals surface area contributed by atoms with Crippen molar-refractivity contribution in [1.29, 1.82) is 0 Å². The molecule has 3 aromatic heterocycles. The number of carbonyl (C=O) groups is 1. The van der Waals surface area contributed by atoms with E-state index in [4.69, 9.17) is 9.47 Å². The second-order valence-corrected chi connectivity index (χ2v) is 7.99. The molecule has 0 amide bonds. The van der Waals surface area contributed by atoms with E-state index >= 15 is 0 Å². The maximum atomic E-state index is 13.2. The van der Waals surface area contributed by atoms with Gasteiger partial charge in [0.05, 0.1) is 32.8 Å². The number of nitrogens with zero attached hydrogens (tertiary/aromatic N) is 3. The minimum Gasteiger partial charge on any atom is -0.457 e. The van der Waals surface area contributed by atoms with Crippen molar-refractivity contribution in [3.8, 4) is 11.4 Å². The van der Waals surface area contributed by atoms with Gasteiger partial charge in [0, 0.05) is 19.4 Å². The van der Waals surface area contributed by atoms with Gasteiger partial charge < -0.3 is 9.47 Å². The van der Waals surface area contributed by atoms with E-state index in [0.29, 0.717) is 11.3 Å². The molecule has 3 heterocycles. The van der Waals surface area contributed by atoms with E-state index in [9.17, 15) is 24.0 Å². The summed E-state index contributed by atoms with van der Waals surface area (Å²) in [4.78, 5) is 67.4. The topological polar surface area (TPSA) is 127 Å². The third-order valence-corrected chi connectivity index (χ3v) is 5.72. The van der Waals surface area contributed by atoms with E-state index in [1.165, 1.54) is 37.6 Å². The van der Waals surface area contributed by atoms with Gasteiger partial charge in [-0.25, -0.2) is 9.36 Å². The Morgan fingerprint density at radius 1 is 0.829 bits per heavy atom. The van der Waals surface area contributed by atoms with Gasteiger partial charge in [0.25, 0.3) is 22.2 Å². The summed E-state index contributed by atoms with van der Waals surface area (Å²) in [5, 5.41) is 0.173. The molecule has 0 fully saturated rings. The smallest absolute Gasteiger partial charge is 0.341 e. The standard InChI is InChI=1S/C25H17N3O7/c1-13-7-14(25(33)35-12-34-16-3-5-26-6-4-16)9-15(8-13)28-23(31)19-10-17-18(11-20(19)24(28)32)22(30)27(2)21(17)29/h3-11H,12H2,1-2H3. The molecule has 0 aliphatic rings. The number of aromatic nitrogens is 3.